The lowest BCUT2D eigenvalue weighted by Crippen LogP contribution is -2.17. The number of carbonyl (C=O) groups excluding carboxylic acids is 1. The summed E-state index contributed by atoms with van der Waals surface area (Å²) >= 11 is 0. The number of allylic oxidation sites excluding steroid dienone is 2. The molecule has 78 valence electrons. The van der Waals surface area contributed by atoms with Gasteiger partial charge in [0.25, 0.3) is 0 Å². The van der Waals surface area contributed by atoms with E-state index >= 15 is 0 Å². The number of nitrogens with zero attached hydrogens (tertiary/aromatic N) is 1. The third-order valence-electron chi connectivity index (χ3n) is 2.60. The van der Waals surface area contributed by atoms with Crippen molar-refractivity contribution in [2.75, 3.05) is 0 Å². The fourth-order valence-electron chi connectivity index (χ4n) is 1.90. The maximum atomic E-state index is 11.3. The van der Waals surface area contributed by atoms with Crippen molar-refractivity contribution in [2.24, 2.45) is 5.73 Å². The van der Waals surface area contributed by atoms with E-state index in [1.54, 1.807) is 24.3 Å². The fraction of sp³-hybridized carbons (Fsp3) is 0.0769. The molecule has 0 saturated heterocycles. The standard InChI is InChI=1S/C13H10N2O/c1-8-5-11-9(7-14)3-2-4-10(11)12(6-8)13(15)16/h2-4,6H,1,5H2,(H2,15,16). The molecule has 3 nitrogen and oxygen atoms in total. The third kappa shape index (κ3) is 1.51. The zero-order valence-corrected chi connectivity index (χ0v) is 8.66. The number of hydrogen-bond donors (Lipinski definition) is 1. The number of primary amides is 1. The monoisotopic (exact) mass is 210 g/mol. The first-order chi connectivity index (χ1) is 7.63. The van der Waals surface area contributed by atoms with E-state index in [1.807, 2.05) is 0 Å². The van der Waals surface area contributed by atoms with Gasteiger partial charge in [0, 0.05) is 5.57 Å². The molecular weight excluding hydrogens is 200 g/mol. The smallest absolute Gasteiger partial charge is 0.249 e. The topological polar surface area (TPSA) is 66.9 Å². The number of nitrogens with two attached hydrogens (primary N) is 1. The lowest BCUT2D eigenvalue weighted by atomic mass is 9.85. The van der Waals surface area contributed by atoms with Crippen molar-refractivity contribution in [3.8, 4) is 6.07 Å². The van der Waals surface area contributed by atoms with Gasteiger partial charge in [0.05, 0.1) is 11.6 Å². The van der Waals surface area contributed by atoms with Crippen LogP contribution in [-0.2, 0) is 11.2 Å². The first kappa shape index (κ1) is 10.2. The Balaban J connectivity index is 2.70. The molecule has 0 saturated carbocycles. The van der Waals surface area contributed by atoms with E-state index in [-0.39, 0.29) is 0 Å². The summed E-state index contributed by atoms with van der Waals surface area (Å²) in [5.74, 6) is -0.489. The van der Waals surface area contributed by atoms with Crippen molar-refractivity contribution in [1.29, 1.82) is 5.26 Å². The van der Waals surface area contributed by atoms with Crippen molar-refractivity contribution < 1.29 is 4.79 Å². The predicted octanol–water partition coefficient (Wildman–Crippen LogP) is 1.54. The van der Waals surface area contributed by atoms with Gasteiger partial charge < -0.3 is 5.73 Å². The van der Waals surface area contributed by atoms with Crippen LogP contribution in [0.1, 0.15) is 16.7 Å². The summed E-state index contributed by atoms with van der Waals surface area (Å²) in [5.41, 5.74) is 8.70. The average molecular weight is 210 g/mol. The lowest BCUT2D eigenvalue weighted by molar-refractivity contribution is -0.112. The molecule has 0 aromatic heterocycles. The molecule has 0 spiro atoms. The molecule has 16 heavy (non-hydrogen) atoms. The molecule has 2 rings (SSSR count). The summed E-state index contributed by atoms with van der Waals surface area (Å²) in [6.07, 6.45) is 2.28. The fourth-order valence-corrected chi connectivity index (χ4v) is 1.90. The Morgan fingerprint density at radius 2 is 2.25 bits per heavy atom. The normalized spacial score (nSPS) is 13.7. The largest absolute Gasteiger partial charge is 0.366 e. The summed E-state index contributed by atoms with van der Waals surface area (Å²) < 4.78 is 0. The maximum absolute atomic E-state index is 11.3. The molecule has 0 heterocycles. The van der Waals surface area contributed by atoms with Gasteiger partial charge in [-0.05, 0) is 35.3 Å². The minimum absolute atomic E-state index is 0.434. The predicted molar refractivity (Wildman–Crippen MR) is 61.2 cm³/mol. The zero-order valence-electron chi connectivity index (χ0n) is 8.66. The van der Waals surface area contributed by atoms with Crippen LogP contribution in [0.25, 0.3) is 5.57 Å². The summed E-state index contributed by atoms with van der Waals surface area (Å²) in [6.45, 7) is 3.83. The molecule has 1 aliphatic rings. The number of benzene rings is 1. The van der Waals surface area contributed by atoms with Gasteiger partial charge in [-0.1, -0.05) is 18.7 Å². The Morgan fingerprint density at radius 3 is 2.88 bits per heavy atom. The number of carbonyl (C=O) groups is 1. The van der Waals surface area contributed by atoms with E-state index < -0.39 is 5.91 Å². The quantitative estimate of drug-likeness (QED) is 0.763. The Kier molecular flexibility index (Phi) is 2.34. The minimum atomic E-state index is -0.489. The second-order valence-corrected chi connectivity index (χ2v) is 3.70. The van der Waals surface area contributed by atoms with E-state index in [2.05, 4.69) is 12.6 Å². The van der Waals surface area contributed by atoms with Crippen LogP contribution in [0.5, 0.6) is 0 Å². The Morgan fingerprint density at radius 1 is 1.50 bits per heavy atom. The number of fused-ring (bicyclic) bond motifs is 1. The van der Waals surface area contributed by atoms with Crippen LogP contribution >= 0.6 is 0 Å². The van der Waals surface area contributed by atoms with E-state index in [4.69, 9.17) is 11.0 Å². The van der Waals surface area contributed by atoms with Gasteiger partial charge in [-0.15, -0.1) is 0 Å². The van der Waals surface area contributed by atoms with E-state index in [0.29, 0.717) is 17.6 Å². The SMILES string of the molecule is C=C1C=C(C(N)=O)c2cccc(C#N)c2C1. The van der Waals surface area contributed by atoms with Crippen molar-refractivity contribution in [3.63, 3.8) is 0 Å². The van der Waals surface area contributed by atoms with Crippen LogP contribution in [0.2, 0.25) is 0 Å². The average Bonchev–Trinajstić information content (AvgIpc) is 2.27. The van der Waals surface area contributed by atoms with E-state index in [0.717, 1.165) is 16.7 Å². The first-order valence-corrected chi connectivity index (χ1v) is 4.85. The van der Waals surface area contributed by atoms with Crippen molar-refractivity contribution in [1.82, 2.24) is 0 Å². The van der Waals surface area contributed by atoms with Gasteiger partial charge in [0.15, 0.2) is 0 Å². The summed E-state index contributed by atoms with van der Waals surface area (Å²) in [6, 6.07) is 7.40. The summed E-state index contributed by atoms with van der Waals surface area (Å²) in [4.78, 5) is 11.3. The molecular formula is C13H10N2O. The molecule has 0 unspecified atom stereocenters. The molecule has 1 amide bonds. The summed E-state index contributed by atoms with van der Waals surface area (Å²) in [5, 5.41) is 8.99. The number of rotatable bonds is 1. The third-order valence-corrected chi connectivity index (χ3v) is 2.60. The Hall–Kier alpha value is -2.34. The highest BCUT2D eigenvalue weighted by Crippen LogP contribution is 2.30. The van der Waals surface area contributed by atoms with E-state index in [9.17, 15) is 4.79 Å². The molecule has 1 aliphatic carbocycles. The van der Waals surface area contributed by atoms with Crippen LogP contribution in [0, 0.1) is 11.3 Å². The molecule has 1 aromatic carbocycles. The van der Waals surface area contributed by atoms with Crippen LogP contribution in [0.4, 0.5) is 0 Å². The molecule has 2 N–H and O–H groups in total. The van der Waals surface area contributed by atoms with Crippen LogP contribution in [0.15, 0.2) is 36.4 Å². The lowest BCUT2D eigenvalue weighted by Gasteiger charge is -2.18. The molecule has 0 fully saturated rings. The highest BCUT2D eigenvalue weighted by Gasteiger charge is 2.20. The Labute approximate surface area is 93.5 Å². The highest BCUT2D eigenvalue weighted by molar-refractivity contribution is 6.20. The zero-order chi connectivity index (χ0) is 11.7. The maximum Gasteiger partial charge on any atom is 0.249 e. The molecule has 3 heteroatoms. The van der Waals surface area contributed by atoms with Crippen molar-refractivity contribution in [3.05, 3.63) is 53.1 Å². The van der Waals surface area contributed by atoms with Crippen LogP contribution in [0.3, 0.4) is 0 Å². The van der Waals surface area contributed by atoms with Crippen molar-refractivity contribution in [2.45, 2.75) is 6.42 Å². The molecule has 1 aromatic rings. The van der Waals surface area contributed by atoms with Crippen LogP contribution in [-0.4, -0.2) is 5.91 Å². The van der Waals surface area contributed by atoms with Crippen molar-refractivity contribution >= 4 is 11.5 Å². The molecule has 0 atom stereocenters. The number of hydrogen-bond acceptors (Lipinski definition) is 2. The van der Waals surface area contributed by atoms with Gasteiger partial charge in [0.1, 0.15) is 0 Å². The molecule has 0 bridgehead atoms. The van der Waals surface area contributed by atoms with E-state index in [1.165, 1.54) is 0 Å². The van der Waals surface area contributed by atoms with Gasteiger partial charge in [-0.3, -0.25) is 4.79 Å². The second kappa shape index (κ2) is 3.67. The van der Waals surface area contributed by atoms with Gasteiger partial charge in [-0.2, -0.15) is 5.26 Å². The number of amides is 1. The highest BCUT2D eigenvalue weighted by atomic mass is 16.1. The van der Waals surface area contributed by atoms with Crippen LogP contribution < -0.4 is 5.73 Å². The number of nitriles is 1. The van der Waals surface area contributed by atoms with Gasteiger partial charge in [-0.25, -0.2) is 0 Å². The molecule has 0 aliphatic heterocycles. The minimum Gasteiger partial charge on any atom is -0.366 e. The molecule has 0 radical (unpaired) electrons. The van der Waals surface area contributed by atoms with Gasteiger partial charge in [0.2, 0.25) is 5.91 Å². The first-order valence-electron chi connectivity index (χ1n) is 4.85. The summed E-state index contributed by atoms with van der Waals surface area (Å²) in [7, 11) is 0. The van der Waals surface area contributed by atoms with Gasteiger partial charge >= 0.3 is 0 Å². The second-order valence-electron chi connectivity index (χ2n) is 3.70. The Bertz CT molecular complexity index is 562.